The lowest BCUT2D eigenvalue weighted by atomic mass is 9.94. The topological polar surface area (TPSA) is 36.1 Å². The van der Waals surface area contributed by atoms with E-state index in [1.54, 1.807) is 0 Å². The van der Waals surface area contributed by atoms with Crippen LogP contribution in [0.15, 0.2) is 28.7 Å². The van der Waals surface area contributed by atoms with E-state index in [0.29, 0.717) is 11.7 Å². The first kappa shape index (κ1) is 13.7. The molecule has 20 heavy (non-hydrogen) atoms. The predicted molar refractivity (Wildman–Crippen MR) is 85.0 cm³/mol. The Labute approximate surface area is 127 Å². The van der Waals surface area contributed by atoms with Crippen molar-refractivity contribution in [1.82, 2.24) is 9.88 Å². The van der Waals surface area contributed by atoms with Crippen molar-refractivity contribution in [3.63, 3.8) is 0 Å². The minimum atomic E-state index is 0.101. The number of nitrogens with one attached hydrogen (secondary N) is 1. The lowest BCUT2D eigenvalue weighted by Gasteiger charge is -2.30. The molecule has 1 aliphatic carbocycles. The third kappa shape index (κ3) is 2.62. The Morgan fingerprint density at radius 1 is 1.25 bits per heavy atom. The molecule has 1 aromatic carbocycles. The number of hydrogen-bond donors (Lipinski definition) is 1. The third-order valence-corrected chi connectivity index (χ3v) is 4.75. The molecule has 3 nitrogen and oxygen atoms in total. The summed E-state index contributed by atoms with van der Waals surface area (Å²) in [6.45, 7) is 0. The summed E-state index contributed by atoms with van der Waals surface area (Å²) in [5.74, 6) is 0.101. The van der Waals surface area contributed by atoms with Gasteiger partial charge in [-0.3, -0.25) is 4.79 Å². The fraction of sp³-hybridized carbons (Fsp3) is 0.438. The van der Waals surface area contributed by atoms with Crippen LogP contribution in [0.25, 0.3) is 10.9 Å². The zero-order valence-electron chi connectivity index (χ0n) is 11.7. The molecule has 1 saturated carbocycles. The molecule has 1 amide bonds. The van der Waals surface area contributed by atoms with Crippen molar-refractivity contribution in [2.24, 2.45) is 0 Å². The van der Waals surface area contributed by atoms with E-state index in [2.05, 4.69) is 20.9 Å². The molecule has 0 saturated heterocycles. The molecular formula is C16H19BrN2O. The van der Waals surface area contributed by atoms with E-state index in [1.165, 1.54) is 19.3 Å². The van der Waals surface area contributed by atoms with Crippen LogP contribution in [0.5, 0.6) is 0 Å². The van der Waals surface area contributed by atoms with E-state index in [-0.39, 0.29) is 5.91 Å². The molecule has 0 spiro atoms. The summed E-state index contributed by atoms with van der Waals surface area (Å²) in [5.41, 5.74) is 1.69. The van der Waals surface area contributed by atoms with Gasteiger partial charge in [0.2, 0.25) is 0 Å². The van der Waals surface area contributed by atoms with Crippen LogP contribution in [-0.2, 0) is 0 Å². The quantitative estimate of drug-likeness (QED) is 0.871. The molecule has 1 aromatic heterocycles. The van der Waals surface area contributed by atoms with Crippen molar-refractivity contribution in [2.45, 2.75) is 38.1 Å². The molecule has 1 N–H and O–H groups in total. The van der Waals surface area contributed by atoms with Gasteiger partial charge in [-0.25, -0.2) is 0 Å². The zero-order chi connectivity index (χ0) is 14.1. The molecule has 0 bridgehead atoms. The second-order valence-electron chi connectivity index (χ2n) is 5.62. The fourth-order valence-corrected chi connectivity index (χ4v) is 3.40. The highest BCUT2D eigenvalue weighted by Gasteiger charge is 2.23. The Balaban J connectivity index is 1.84. The van der Waals surface area contributed by atoms with Gasteiger partial charge in [-0.15, -0.1) is 0 Å². The van der Waals surface area contributed by atoms with E-state index in [1.807, 2.05) is 36.2 Å². The first-order valence-corrected chi connectivity index (χ1v) is 8.00. The molecule has 0 radical (unpaired) electrons. The van der Waals surface area contributed by atoms with Crippen molar-refractivity contribution in [3.8, 4) is 0 Å². The lowest BCUT2D eigenvalue weighted by Crippen LogP contribution is -2.38. The molecule has 0 atom stereocenters. The maximum atomic E-state index is 12.6. The second kappa shape index (κ2) is 5.60. The first-order valence-electron chi connectivity index (χ1n) is 7.20. The number of rotatable bonds is 2. The maximum absolute atomic E-state index is 12.6. The van der Waals surface area contributed by atoms with Crippen molar-refractivity contribution < 1.29 is 4.79 Å². The lowest BCUT2D eigenvalue weighted by molar-refractivity contribution is 0.0691. The van der Waals surface area contributed by atoms with Crippen LogP contribution in [0.3, 0.4) is 0 Å². The van der Waals surface area contributed by atoms with Gasteiger partial charge in [-0.05, 0) is 31.0 Å². The number of fused-ring (bicyclic) bond motifs is 1. The minimum absolute atomic E-state index is 0.101. The van der Waals surface area contributed by atoms with Crippen LogP contribution in [0.2, 0.25) is 0 Å². The average Bonchev–Trinajstić information content (AvgIpc) is 2.89. The van der Waals surface area contributed by atoms with Crippen molar-refractivity contribution in [1.29, 1.82) is 0 Å². The van der Waals surface area contributed by atoms with Crippen LogP contribution >= 0.6 is 15.9 Å². The number of hydrogen-bond acceptors (Lipinski definition) is 1. The highest BCUT2D eigenvalue weighted by Crippen LogP contribution is 2.25. The standard InChI is InChI=1S/C16H19BrN2O/c1-19(13-5-3-2-4-6-13)16(20)15-9-11-7-8-12(17)10-14(11)18-15/h7-10,13,18H,2-6H2,1H3. The molecule has 0 unspecified atom stereocenters. The molecule has 0 aliphatic heterocycles. The summed E-state index contributed by atoms with van der Waals surface area (Å²) in [7, 11) is 1.93. The van der Waals surface area contributed by atoms with Gasteiger partial charge in [0, 0.05) is 28.5 Å². The summed E-state index contributed by atoms with van der Waals surface area (Å²) < 4.78 is 1.02. The van der Waals surface area contributed by atoms with Crippen LogP contribution in [-0.4, -0.2) is 28.9 Å². The van der Waals surface area contributed by atoms with E-state index in [9.17, 15) is 4.79 Å². The molecule has 2 aromatic rings. The van der Waals surface area contributed by atoms with Gasteiger partial charge in [0.05, 0.1) is 0 Å². The smallest absolute Gasteiger partial charge is 0.270 e. The van der Waals surface area contributed by atoms with Gasteiger partial charge in [-0.1, -0.05) is 41.3 Å². The van der Waals surface area contributed by atoms with Crippen LogP contribution in [0.1, 0.15) is 42.6 Å². The van der Waals surface area contributed by atoms with Crippen molar-refractivity contribution in [2.75, 3.05) is 7.05 Å². The summed E-state index contributed by atoms with van der Waals surface area (Å²) >= 11 is 3.45. The highest BCUT2D eigenvalue weighted by molar-refractivity contribution is 9.10. The van der Waals surface area contributed by atoms with Gasteiger partial charge < -0.3 is 9.88 Å². The number of carbonyl (C=O) groups is 1. The van der Waals surface area contributed by atoms with Crippen LogP contribution in [0, 0.1) is 0 Å². The van der Waals surface area contributed by atoms with Crippen molar-refractivity contribution >= 4 is 32.7 Å². The summed E-state index contributed by atoms with van der Waals surface area (Å²) in [6, 6.07) is 8.37. The monoisotopic (exact) mass is 334 g/mol. The Kier molecular flexibility index (Phi) is 3.83. The number of H-pyrrole nitrogens is 1. The maximum Gasteiger partial charge on any atom is 0.270 e. The number of aromatic nitrogens is 1. The van der Waals surface area contributed by atoms with Crippen molar-refractivity contribution in [3.05, 3.63) is 34.4 Å². The highest BCUT2D eigenvalue weighted by atomic mass is 79.9. The fourth-order valence-electron chi connectivity index (χ4n) is 3.04. The van der Waals surface area contributed by atoms with E-state index < -0.39 is 0 Å². The third-order valence-electron chi connectivity index (χ3n) is 4.26. The number of amides is 1. The summed E-state index contributed by atoms with van der Waals surface area (Å²) in [6.07, 6.45) is 6.05. The van der Waals surface area contributed by atoms with E-state index >= 15 is 0 Å². The molecule has 4 heteroatoms. The number of benzene rings is 1. The van der Waals surface area contributed by atoms with Crippen LogP contribution < -0.4 is 0 Å². The first-order chi connectivity index (χ1) is 9.65. The summed E-state index contributed by atoms with van der Waals surface area (Å²) in [4.78, 5) is 17.7. The molecule has 3 rings (SSSR count). The van der Waals surface area contributed by atoms with Gasteiger partial charge in [0.15, 0.2) is 0 Å². The second-order valence-corrected chi connectivity index (χ2v) is 6.54. The number of halogens is 1. The molecule has 106 valence electrons. The SMILES string of the molecule is CN(C(=O)c1cc2ccc(Br)cc2[nH]1)C1CCCCC1. The van der Waals surface area contributed by atoms with Gasteiger partial charge in [-0.2, -0.15) is 0 Å². The zero-order valence-corrected chi connectivity index (χ0v) is 13.2. The molecule has 1 heterocycles. The number of nitrogens with zero attached hydrogens (tertiary/aromatic N) is 1. The Morgan fingerprint density at radius 3 is 2.75 bits per heavy atom. The van der Waals surface area contributed by atoms with E-state index in [4.69, 9.17) is 0 Å². The van der Waals surface area contributed by atoms with Gasteiger partial charge >= 0.3 is 0 Å². The predicted octanol–water partition coefficient (Wildman–Crippen LogP) is 4.34. The van der Waals surface area contributed by atoms with Crippen LogP contribution in [0.4, 0.5) is 0 Å². The molecule has 1 fully saturated rings. The van der Waals surface area contributed by atoms with Gasteiger partial charge in [0.1, 0.15) is 5.69 Å². The number of aromatic amines is 1. The van der Waals surface area contributed by atoms with Gasteiger partial charge in [0.25, 0.3) is 5.91 Å². The molecule has 1 aliphatic rings. The Morgan fingerprint density at radius 2 is 2.00 bits per heavy atom. The van der Waals surface area contributed by atoms with E-state index in [0.717, 1.165) is 28.2 Å². The normalized spacial score (nSPS) is 16.5. The Hall–Kier alpha value is -1.29. The molecular weight excluding hydrogens is 316 g/mol. The largest absolute Gasteiger partial charge is 0.350 e. The Bertz CT molecular complexity index is 628. The number of carbonyl (C=O) groups excluding carboxylic acids is 1. The average molecular weight is 335 g/mol. The minimum Gasteiger partial charge on any atom is -0.350 e. The summed E-state index contributed by atoms with van der Waals surface area (Å²) in [5, 5.41) is 1.08.